The molecule has 6 nitrogen and oxygen atoms in total. The monoisotopic (exact) mass is 493 g/mol. The van der Waals surface area contributed by atoms with Gasteiger partial charge < -0.3 is 18.6 Å². The van der Waals surface area contributed by atoms with Gasteiger partial charge >= 0.3 is 5.97 Å². The standard InChI is InChI=1S/C22H24BrNO5S/c1-4-26-18(22(25)27-5-2)12-15-6-8-16(9-7-15)28-13-17-14(3)29-21(24-17)19-10-11-20(23)30-19/h6-11,18H,4-5,12-13H2,1-3H3/t18-/m1/s1. The zero-order chi connectivity index (χ0) is 21.5. The summed E-state index contributed by atoms with van der Waals surface area (Å²) in [5, 5.41) is 0. The molecule has 0 bridgehead atoms. The number of oxazole rings is 1. The Kier molecular flexibility index (Phi) is 8.07. The van der Waals surface area contributed by atoms with Crippen LogP contribution in [0.3, 0.4) is 0 Å². The van der Waals surface area contributed by atoms with Gasteiger partial charge in [-0.3, -0.25) is 0 Å². The lowest BCUT2D eigenvalue weighted by molar-refractivity contribution is -0.156. The molecule has 3 aromatic rings. The maximum Gasteiger partial charge on any atom is 0.335 e. The van der Waals surface area contributed by atoms with E-state index in [1.165, 1.54) is 0 Å². The molecule has 1 atom stereocenters. The minimum Gasteiger partial charge on any atom is -0.487 e. The fourth-order valence-corrected chi connectivity index (χ4v) is 4.14. The number of ether oxygens (including phenoxy) is 3. The third kappa shape index (κ3) is 5.93. The van der Waals surface area contributed by atoms with E-state index in [9.17, 15) is 4.79 Å². The summed E-state index contributed by atoms with van der Waals surface area (Å²) in [5.41, 5.74) is 1.73. The van der Waals surface area contributed by atoms with E-state index in [0.717, 1.165) is 25.7 Å². The van der Waals surface area contributed by atoms with Gasteiger partial charge in [-0.05, 0) is 66.5 Å². The van der Waals surface area contributed by atoms with Gasteiger partial charge in [0.2, 0.25) is 5.89 Å². The Hall–Kier alpha value is -2.16. The lowest BCUT2D eigenvalue weighted by atomic mass is 10.1. The molecule has 0 spiro atoms. The molecule has 2 aromatic heterocycles. The van der Waals surface area contributed by atoms with Gasteiger partial charge in [-0.2, -0.15) is 0 Å². The van der Waals surface area contributed by atoms with Crippen molar-refractivity contribution in [1.82, 2.24) is 4.98 Å². The average molecular weight is 494 g/mol. The first-order valence-corrected chi connectivity index (χ1v) is 11.3. The van der Waals surface area contributed by atoms with E-state index in [1.54, 1.807) is 18.3 Å². The van der Waals surface area contributed by atoms with E-state index >= 15 is 0 Å². The molecule has 3 rings (SSSR count). The second-order valence-electron chi connectivity index (χ2n) is 6.46. The van der Waals surface area contributed by atoms with Crippen LogP contribution >= 0.6 is 27.3 Å². The quantitative estimate of drug-likeness (QED) is 0.344. The van der Waals surface area contributed by atoms with Crippen LogP contribution in [0, 0.1) is 6.92 Å². The highest BCUT2D eigenvalue weighted by Gasteiger charge is 2.20. The highest BCUT2D eigenvalue weighted by Crippen LogP contribution is 2.32. The number of aryl methyl sites for hydroxylation is 1. The molecule has 1 aromatic carbocycles. The number of nitrogens with zero attached hydrogens (tertiary/aromatic N) is 1. The maximum atomic E-state index is 12.0. The first-order chi connectivity index (χ1) is 14.5. The fourth-order valence-electron chi connectivity index (χ4n) is 2.83. The number of halogens is 1. The normalized spacial score (nSPS) is 12.0. The van der Waals surface area contributed by atoms with Crippen molar-refractivity contribution in [3.05, 3.63) is 57.2 Å². The van der Waals surface area contributed by atoms with Crippen LogP contribution < -0.4 is 4.74 Å². The smallest absolute Gasteiger partial charge is 0.335 e. The third-order valence-corrected chi connectivity index (χ3v) is 5.93. The van der Waals surface area contributed by atoms with Crippen LogP contribution in [0.1, 0.15) is 30.9 Å². The Balaban J connectivity index is 1.59. The lowest BCUT2D eigenvalue weighted by Crippen LogP contribution is -2.28. The summed E-state index contributed by atoms with van der Waals surface area (Å²) in [6.45, 7) is 6.62. The van der Waals surface area contributed by atoms with Crippen molar-refractivity contribution >= 4 is 33.2 Å². The van der Waals surface area contributed by atoms with Crippen molar-refractivity contribution in [2.75, 3.05) is 13.2 Å². The average Bonchev–Trinajstić information content (AvgIpc) is 3.32. The first kappa shape index (κ1) is 22.5. The van der Waals surface area contributed by atoms with E-state index in [-0.39, 0.29) is 5.97 Å². The van der Waals surface area contributed by atoms with Crippen LogP contribution in [0.15, 0.2) is 44.6 Å². The summed E-state index contributed by atoms with van der Waals surface area (Å²) < 4.78 is 23.3. The van der Waals surface area contributed by atoms with E-state index < -0.39 is 6.10 Å². The SMILES string of the molecule is CCOC(=O)[C@@H](Cc1ccc(OCc2nc(-c3ccc(Br)s3)oc2C)cc1)OCC. The Morgan fingerprint density at radius 3 is 2.57 bits per heavy atom. The van der Waals surface area contributed by atoms with Gasteiger partial charge in [0.05, 0.1) is 15.3 Å². The molecule has 0 N–H and O–H groups in total. The van der Waals surface area contributed by atoms with E-state index in [2.05, 4.69) is 20.9 Å². The summed E-state index contributed by atoms with van der Waals surface area (Å²) in [4.78, 5) is 17.5. The molecule has 0 saturated heterocycles. The van der Waals surface area contributed by atoms with Crippen LogP contribution in [-0.4, -0.2) is 30.3 Å². The predicted octanol–water partition coefficient (Wildman–Crippen LogP) is 5.56. The molecule has 0 aliphatic heterocycles. The number of aromatic nitrogens is 1. The van der Waals surface area contributed by atoms with Gasteiger partial charge in [-0.1, -0.05) is 12.1 Å². The molecule has 0 unspecified atom stereocenters. The van der Waals surface area contributed by atoms with Crippen molar-refractivity contribution in [3.63, 3.8) is 0 Å². The second-order valence-corrected chi connectivity index (χ2v) is 8.92. The van der Waals surface area contributed by atoms with E-state index in [0.29, 0.717) is 37.9 Å². The van der Waals surface area contributed by atoms with Crippen LogP contribution in [-0.2, 0) is 27.3 Å². The van der Waals surface area contributed by atoms with Crippen LogP contribution in [0.5, 0.6) is 5.75 Å². The highest BCUT2D eigenvalue weighted by atomic mass is 79.9. The van der Waals surface area contributed by atoms with Crippen molar-refractivity contribution < 1.29 is 23.4 Å². The van der Waals surface area contributed by atoms with Crippen molar-refractivity contribution in [2.45, 2.75) is 39.9 Å². The molecule has 2 heterocycles. The zero-order valence-electron chi connectivity index (χ0n) is 17.1. The van der Waals surface area contributed by atoms with Gasteiger partial charge in [0.15, 0.2) is 6.10 Å². The Morgan fingerprint density at radius 2 is 1.93 bits per heavy atom. The Morgan fingerprint density at radius 1 is 1.17 bits per heavy atom. The topological polar surface area (TPSA) is 70.8 Å². The Bertz CT molecular complexity index is 966. The van der Waals surface area contributed by atoms with Crippen LogP contribution in [0.25, 0.3) is 10.8 Å². The number of hydrogen-bond donors (Lipinski definition) is 0. The van der Waals surface area contributed by atoms with Crippen molar-refractivity contribution in [2.24, 2.45) is 0 Å². The maximum absolute atomic E-state index is 12.0. The summed E-state index contributed by atoms with van der Waals surface area (Å²) in [7, 11) is 0. The molecular weight excluding hydrogens is 470 g/mol. The number of carbonyl (C=O) groups is 1. The van der Waals surface area contributed by atoms with Crippen LogP contribution in [0.4, 0.5) is 0 Å². The van der Waals surface area contributed by atoms with Gasteiger partial charge in [0.1, 0.15) is 23.8 Å². The highest BCUT2D eigenvalue weighted by molar-refractivity contribution is 9.11. The molecule has 0 fully saturated rings. The number of hydrogen-bond acceptors (Lipinski definition) is 7. The first-order valence-electron chi connectivity index (χ1n) is 9.72. The fraction of sp³-hybridized carbons (Fsp3) is 0.364. The molecule has 0 aliphatic rings. The summed E-state index contributed by atoms with van der Waals surface area (Å²) in [6.07, 6.45) is -0.148. The van der Waals surface area contributed by atoms with Gasteiger partial charge in [0, 0.05) is 13.0 Å². The molecule has 30 heavy (non-hydrogen) atoms. The number of esters is 1. The van der Waals surface area contributed by atoms with Gasteiger partial charge in [0.25, 0.3) is 0 Å². The van der Waals surface area contributed by atoms with Crippen LogP contribution in [0.2, 0.25) is 0 Å². The number of rotatable bonds is 10. The molecule has 8 heteroatoms. The molecule has 160 valence electrons. The summed E-state index contributed by atoms with van der Waals surface area (Å²) in [5.74, 6) is 1.71. The number of carbonyl (C=O) groups excluding carboxylic acids is 1. The van der Waals surface area contributed by atoms with Crippen molar-refractivity contribution in [3.8, 4) is 16.5 Å². The summed E-state index contributed by atoms with van der Waals surface area (Å²) in [6, 6.07) is 11.5. The zero-order valence-corrected chi connectivity index (χ0v) is 19.5. The molecule has 0 saturated carbocycles. The summed E-state index contributed by atoms with van der Waals surface area (Å²) >= 11 is 5.02. The molecular formula is C22H24BrNO5S. The largest absolute Gasteiger partial charge is 0.487 e. The third-order valence-electron chi connectivity index (χ3n) is 4.31. The minimum absolute atomic E-state index is 0.311. The second kappa shape index (κ2) is 10.7. The Labute approximate surface area is 188 Å². The molecule has 0 amide bonds. The van der Waals surface area contributed by atoms with Gasteiger partial charge in [-0.15, -0.1) is 11.3 Å². The number of thiophene rings is 1. The van der Waals surface area contributed by atoms with Crippen molar-refractivity contribution in [1.29, 1.82) is 0 Å². The van der Waals surface area contributed by atoms with E-state index in [1.807, 2.05) is 50.2 Å². The lowest BCUT2D eigenvalue weighted by Gasteiger charge is -2.15. The molecule has 0 radical (unpaired) electrons. The molecule has 0 aliphatic carbocycles. The minimum atomic E-state index is -0.602. The van der Waals surface area contributed by atoms with E-state index in [4.69, 9.17) is 18.6 Å². The number of benzene rings is 1. The van der Waals surface area contributed by atoms with Gasteiger partial charge in [-0.25, -0.2) is 9.78 Å². The predicted molar refractivity (Wildman–Crippen MR) is 119 cm³/mol.